The summed E-state index contributed by atoms with van der Waals surface area (Å²) in [6, 6.07) is 7.99. The van der Waals surface area contributed by atoms with Gasteiger partial charge >= 0.3 is 0 Å². The van der Waals surface area contributed by atoms with Gasteiger partial charge in [-0.3, -0.25) is 9.69 Å². The molecule has 1 aromatic rings. The number of carbonyl (C=O) groups excluding carboxylic acids is 1. The van der Waals surface area contributed by atoms with E-state index in [2.05, 4.69) is 16.3 Å². The van der Waals surface area contributed by atoms with Crippen molar-refractivity contribution in [3.8, 4) is 0 Å². The number of benzene rings is 1. The van der Waals surface area contributed by atoms with Crippen LogP contribution in [0.1, 0.15) is 25.3 Å². The number of aliphatic hydroxyl groups excluding tert-OH is 1. The molecule has 0 aromatic heterocycles. The Balaban J connectivity index is 0.00000264. The second-order valence-corrected chi connectivity index (χ2v) is 6.23. The van der Waals surface area contributed by atoms with Crippen LogP contribution in [0.3, 0.4) is 0 Å². The molecule has 0 spiro atoms. The standard InChI is InChI=1S/C17H27N3O2.2ClH/c1-13(10-18)17(22)19-16-4-2-3-15(9-16)11-20-7-5-14(12-21)6-8-20;;/h2-4,9,13-14,21H,5-8,10-12,18H2,1H3,(H,19,22);2*1H. The number of aliphatic hydroxyl groups is 1. The topological polar surface area (TPSA) is 78.6 Å². The fourth-order valence-corrected chi connectivity index (χ4v) is 2.71. The zero-order chi connectivity index (χ0) is 15.9. The maximum Gasteiger partial charge on any atom is 0.228 e. The van der Waals surface area contributed by atoms with Crippen molar-refractivity contribution in [2.75, 3.05) is 31.6 Å². The zero-order valence-electron chi connectivity index (χ0n) is 14.1. The summed E-state index contributed by atoms with van der Waals surface area (Å²) in [5.74, 6) is 0.240. The molecule has 1 heterocycles. The molecule has 1 amide bonds. The number of hydrogen-bond donors (Lipinski definition) is 3. The summed E-state index contributed by atoms with van der Waals surface area (Å²) in [6.45, 7) is 5.40. The van der Waals surface area contributed by atoms with Crippen LogP contribution in [-0.4, -0.2) is 42.2 Å². The Labute approximate surface area is 156 Å². The number of nitrogens with one attached hydrogen (secondary N) is 1. The van der Waals surface area contributed by atoms with E-state index in [1.54, 1.807) is 0 Å². The van der Waals surface area contributed by atoms with Gasteiger partial charge in [-0.1, -0.05) is 19.1 Å². The second kappa shape index (κ2) is 11.7. The van der Waals surface area contributed by atoms with E-state index in [4.69, 9.17) is 5.73 Å². The highest BCUT2D eigenvalue weighted by molar-refractivity contribution is 5.92. The lowest BCUT2D eigenvalue weighted by molar-refractivity contribution is -0.119. The first kappa shape index (κ1) is 23.1. The summed E-state index contributed by atoms with van der Waals surface area (Å²) in [7, 11) is 0. The molecule has 0 radical (unpaired) electrons. The van der Waals surface area contributed by atoms with Gasteiger partial charge in [-0.05, 0) is 49.5 Å². The highest BCUT2D eigenvalue weighted by atomic mass is 35.5. The average Bonchev–Trinajstić information content (AvgIpc) is 2.55. The van der Waals surface area contributed by atoms with Gasteiger partial charge in [0.1, 0.15) is 0 Å². The van der Waals surface area contributed by atoms with Gasteiger partial charge in [0, 0.05) is 31.3 Å². The highest BCUT2D eigenvalue weighted by Crippen LogP contribution is 2.20. The van der Waals surface area contributed by atoms with Crippen LogP contribution in [0.2, 0.25) is 0 Å². The van der Waals surface area contributed by atoms with Crippen molar-refractivity contribution in [1.29, 1.82) is 0 Å². The predicted molar refractivity (Wildman–Crippen MR) is 103 cm³/mol. The van der Waals surface area contributed by atoms with Crippen molar-refractivity contribution in [2.24, 2.45) is 17.6 Å². The SMILES string of the molecule is CC(CN)C(=O)Nc1cccc(CN2CCC(CO)CC2)c1.Cl.Cl. The van der Waals surface area contributed by atoms with Crippen LogP contribution in [0.15, 0.2) is 24.3 Å². The molecule has 7 heteroatoms. The van der Waals surface area contributed by atoms with E-state index in [9.17, 15) is 9.90 Å². The summed E-state index contributed by atoms with van der Waals surface area (Å²) >= 11 is 0. The Morgan fingerprint density at radius 2 is 2.04 bits per heavy atom. The number of halogens is 2. The van der Waals surface area contributed by atoms with E-state index in [1.165, 1.54) is 5.56 Å². The van der Waals surface area contributed by atoms with E-state index in [-0.39, 0.29) is 36.6 Å². The lowest BCUT2D eigenvalue weighted by Crippen LogP contribution is -2.34. The van der Waals surface area contributed by atoms with Gasteiger partial charge in [0.2, 0.25) is 5.91 Å². The van der Waals surface area contributed by atoms with Crippen molar-refractivity contribution in [3.63, 3.8) is 0 Å². The first-order valence-corrected chi connectivity index (χ1v) is 8.05. The summed E-state index contributed by atoms with van der Waals surface area (Å²) in [6.07, 6.45) is 2.11. The number of amides is 1. The Kier molecular flexibility index (Phi) is 11.2. The quantitative estimate of drug-likeness (QED) is 0.710. The Bertz CT molecular complexity index is 494. The van der Waals surface area contributed by atoms with Crippen LogP contribution in [0, 0.1) is 11.8 Å². The molecule has 24 heavy (non-hydrogen) atoms. The number of rotatable bonds is 6. The number of piperidine rings is 1. The molecule has 138 valence electrons. The molecule has 1 aliphatic rings. The van der Waals surface area contributed by atoms with Gasteiger partial charge < -0.3 is 16.2 Å². The predicted octanol–water partition coefficient (Wildman–Crippen LogP) is 2.27. The summed E-state index contributed by atoms with van der Waals surface area (Å²) in [5, 5.41) is 12.1. The molecule has 0 aliphatic carbocycles. The molecule has 4 N–H and O–H groups in total. The van der Waals surface area contributed by atoms with E-state index < -0.39 is 0 Å². The number of likely N-dealkylation sites (tertiary alicyclic amines) is 1. The normalized spacial score (nSPS) is 16.6. The Hall–Kier alpha value is -0.850. The molecule has 0 saturated carbocycles. The lowest BCUT2D eigenvalue weighted by atomic mass is 9.97. The smallest absolute Gasteiger partial charge is 0.228 e. The maximum atomic E-state index is 11.9. The average molecular weight is 378 g/mol. The van der Waals surface area contributed by atoms with Gasteiger partial charge in [-0.15, -0.1) is 24.8 Å². The van der Waals surface area contributed by atoms with E-state index >= 15 is 0 Å². The van der Waals surface area contributed by atoms with Crippen LogP contribution in [0.5, 0.6) is 0 Å². The van der Waals surface area contributed by atoms with Crippen molar-refractivity contribution in [3.05, 3.63) is 29.8 Å². The number of hydrogen-bond acceptors (Lipinski definition) is 4. The summed E-state index contributed by atoms with van der Waals surface area (Å²) in [4.78, 5) is 14.3. The molecular weight excluding hydrogens is 349 g/mol. The number of nitrogens with zero attached hydrogens (tertiary/aromatic N) is 1. The van der Waals surface area contributed by atoms with Crippen molar-refractivity contribution in [2.45, 2.75) is 26.3 Å². The fourth-order valence-electron chi connectivity index (χ4n) is 2.71. The first-order valence-electron chi connectivity index (χ1n) is 8.05. The van der Waals surface area contributed by atoms with E-state index in [1.807, 2.05) is 25.1 Å². The van der Waals surface area contributed by atoms with E-state index in [0.717, 1.165) is 38.2 Å². The van der Waals surface area contributed by atoms with Crippen LogP contribution in [0.25, 0.3) is 0 Å². The van der Waals surface area contributed by atoms with Crippen molar-refractivity contribution >= 4 is 36.4 Å². The fraction of sp³-hybridized carbons (Fsp3) is 0.588. The van der Waals surface area contributed by atoms with Gasteiger partial charge in [-0.2, -0.15) is 0 Å². The van der Waals surface area contributed by atoms with Crippen molar-refractivity contribution in [1.82, 2.24) is 4.90 Å². The van der Waals surface area contributed by atoms with Crippen LogP contribution in [0.4, 0.5) is 5.69 Å². The minimum atomic E-state index is -0.179. The zero-order valence-corrected chi connectivity index (χ0v) is 15.7. The molecule has 1 atom stereocenters. The molecule has 1 aliphatic heterocycles. The van der Waals surface area contributed by atoms with Crippen LogP contribution >= 0.6 is 24.8 Å². The van der Waals surface area contributed by atoms with Gasteiger partial charge in [0.05, 0.1) is 0 Å². The minimum absolute atomic E-state index is 0. The molecular formula is C17H29Cl2N3O2. The summed E-state index contributed by atoms with van der Waals surface area (Å²) < 4.78 is 0. The number of anilines is 1. The third-order valence-corrected chi connectivity index (χ3v) is 4.37. The monoisotopic (exact) mass is 377 g/mol. The number of nitrogens with two attached hydrogens (primary N) is 1. The highest BCUT2D eigenvalue weighted by Gasteiger charge is 2.18. The molecule has 5 nitrogen and oxygen atoms in total. The molecule has 2 rings (SSSR count). The van der Waals surface area contributed by atoms with Crippen molar-refractivity contribution < 1.29 is 9.90 Å². The van der Waals surface area contributed by atoms with Crippen LogP contribution in [-0.2, 0) is 11.3 Å². The Morgan fingerprint density at radius 3 is 2.62 bits per heavy atom. The molecule has 0 bridgehead atoms. The van der Waals surface area contributed by atoms with E-state index in [0.29, 0.717) is 19.1 Å². The van der Waals surface area contributed by atoms with Gasteiger partial charge in [0.15, 0.2) is 0 Å². The van der Waals surface area contributed by atoms with Gasteiger partial charge in [-0.25, -0.2) is 0 Å². The first-order chi connectivity index (χ1) is 10.6. The minimum Gasteiger partial charge on any atom is -0.396 e. The lowest BCUT2D eigenvalue weighted by Gasteiger charge is -2.31. The maximum absolute atomic E-state index is 11.9. The molecule has 1 saturated heterocycles. The molecule has 1 aromatic carbocycles. The molecule has 1 unspecified atom stereocenters. The third kappa shape index (κ3) is 6.95. The largest absolute Gasteiger partial charge is 0.396 e. The van der Waals surface area contributed by atoms with Gasteiger partial charge in [0.25, 0.3) is 0 Å². The second-order valence-electron chi connectivity index (χ2n) is 6.23. The third-order valence-electron chi connectivity index (χ3n) is 4.37. The van der Waals surface area contributed by atoms with Crippen LogP contribution < -0.4 is 11.1 Å². The molecule has 1 fully saturated rings. The Morgan fingerprint density at radius 1 is 1.38 bits per heavy atom. The number of carbonyl (C=O) groups is 1. The summed E-state index contributed by atoms with van der Waals surface area (Å²) in [5.41, 5.74) is 7.54.